The molecule has 2 saturated carbocycles. The molecule has 1 aromatic carbocycles. The molecule has 2 bridgehead atoms. The van der Waals surface area contributed by atoms with Crippen molar-refractivity contribution in [3.8, 4) is 0 Å². The van der Waals surface area contributed by atoms with E-state index in [4.69, 9.17) is 0 Å². The molecular formula is C22H28N4O2S. The van der Waals surface area contributed by atoms with Crippen molar-refractivity contribution >= 4 is 40.1 Å². The van der Waals surface area contributed by atoms with E-state index in [-0.39, 0.29) is 29.1 Å². The van der Waals surface area contributed by atoms with E-state index in [2.05, 4.69) is 41.6 Å². The molecule has 7 heteroatoms. The van der Waals surface area contributed by atoms with Crippen LogP contribution < -0.4 is 10.6 Å². The average Bonchev–Trinajstić information content (AvgIpc) is 3.18. The van der Waals surface area contributed by atoms with Crippen LogP contribution in [0.15, 0.2) is 34.5 Å². The Morgan fingerprint density at radius 2 is 1.97 bits per heavy atom. The average molecular weight is 413 g/mol. The summed E-state index contributed by atoms with van der Waals surface area (Å²) >= 11 is 1.28. The van der Waals surface area contributed by atoms with Gasteiger partial charge in [-0.1, -0.05) is 50.2 Å². The van der Waals surface area contributed by atoms with Gasteiger partial charge in [-0.3, -0.25) is 9.59 Å². The van der Waals surface area contributed by atoms with Crippen LogP contribution in [0.3, 0.4) is 0 Å². The second kappa shape index (κ2) is 7.27. The lowest BCUT2D eigenvalue weighted by Crippen LogP contribution is -2.32. The lowest BCUT2D eigenvalue weighted by atomic mass is 9.70. The Labute approximate surface area is 176 Å². The number of amides is 2. The van der Waals surface area contributed by atoms with Crippen molar-refractivity contribution in [1.82, 2.24) is 5.32 Å². The highest BCUT2D eigenvalue weighted by Gasteiger charge is 2.60. The van der Waals surface area contributed by atoms with Crippen LogP contribution in [0.1, 0.15) is 52.0 Å². The molecule has 154 valence electrons. The third-order valence-electron chi connectivity index (χ3n) is 7.26. The summed E-state index contributed by atoms with van der Waals surface area (Å²) in [5.74, 6) is 0.291. The maximum atomic E-state index is 12.3. The van der Waals surface area contributed by atoms with Crippen LogP contribution in [0.25, 0.3) is 0 Å². The van der Waals surface area contributed by atoms with Crippen molar-refractivity contribution in [1.29, 1.82) is 0 Å². The van der Waals surface area contributed by atoms with Crippen LogP contribution in [-0.2, 0) is 9.59 Å². The molecule has 3 aliphatic rings. The summed E-state index contributed by atoms with van der Waals surface area (Å²) in [6.45, 7) is 8.94. The monoisotopic (exact) mass is 412 g/mol. The summed E-state index contributed by atoms with van der Waals surface area (Å²) < 4.78 is 0. The van der Waals surface area contributed by atoms with E-state index >= 15 is 0 Å². The fourth-order valence-electron chi connectivity index (χ4n) is 4.79. The first-order valence-electron chi connectivity index (χ1n) is 10.2. The summed E-state index contributed by atoms with van der Waals surface area (Å²) in [5.41, 5.74) is 3.33. The molecule has 2 N–H and O–H groups in total. The predicted molar refractivity (Wildman–Crippen MR) is 118 cm³/mol. The first-order valence-corrected chi connectivity index (χ1v) is 11.1. The standard InChI is InChI=1S/C22H28N4O2S/c1-13-5-7-15(8-6-13)23-18(27)12-16-19(28)24-20(29-16)26-25-17-11-14-9-10-22(17,4)21(14,2)3/h5-8,14,16H,9-12H2,1-4H3,(H,23,27)(H,24,26,28)/b25-17+/t14-,16+,22-/m1/s1. The molecule has 29 heavy (non-hydrogen) atoms. The number of hydrogen-bond acceptors (Lipinski definition) is 5. The summed E-state index contributed by atoms with van der Waals surface area (Å²) in [4.78, 5) is 24.6. The maximum Gasteiger partial charge on any atom is 0.240 e. The van der Waals surface area contributed by atoms with Crippen molar-refractivity contribution in [2.75, 3.05) is 5.32 Å². The van der Waals surface area contributed by atoms with E-state index < -0.39 is 5.25 Å². The zero-order chi connectivity index (χ0) is 20.8. The van der Waals surface area contributed by atoms with Gasteiger partial charge in [-0.05, 0) is 49.7 Å². The molecule has 1 aromatic rings. The number of hydrogen-bond donors (Lipinski definition) is 2. The van der Waals surface area contributed by atoms with Crippen LogP contribution in [0, 0.1) is 23.7 Å². The molecule has 2 amide bonds. The number of nitrogens with one attached hydrogen (secondary N) is 2. The number of aryl methyl sites for hydroxylation is 1. The summed E-state index contributed by atoms with van der Waals surface area (Å²) in [6, 6.07) is 7.59. The van der Waals surface area contributed by atoms with Gasteiger partial charge >= 0.3 is 0 Å². The van der Waals surface area contributed by atoms with Crippen LogP contribution in [0.4, 0.5) is 5.69 Å². The number of rotatable bonds is 4. The molecule has 6 nitrogen and oxygen atoms in total. The van der Waals surface area contributed by atoms with E-state index in [1.807, 2.05) is 31.2 Å². The molecular weight excluding hydrogens is 384 g/mol. The number of carbonyl (C=O) groups excluding carboxylic acids is 2. The highest BCUT2D eigenvalue weighted by atomic mass is 32.2. The number of thioether (sulfide) groups is 1. The molecule has 2 aliphatic carbocycles. The minimum atomic E-state index is -0.480. The fourth-order valence-corrected chi connectivity index (χ4v) is 5.71. The van der Waals surface area contributed by atoms with Gasteiger partial charge in [0, 0.05) is 23.2 Å². The molecule has 1 aliphatic heterocycles. The van der Waals surface area contributed by atoms with Crippen molar-refractivity contribution in [2.45, 2.75) is 58.6 Å². The van der Waals surface area contributed by atoms with Crippen molar-refractivity contribution < 1.29 is 9.59 Å². The van der Waals surface area contributed by atoms with Crippen molar-refractivity contribution in [3.05, 3.63) is 29.8 Å². The lowest BCUT2D eigenvalue weighted by Gasteiger charge is -2.34. The Morgan fingerprint density at radius 3 is 2.59 bits per heavy atom. The van der Waals surface area contributed by atoms with E-state index in [1.165, 1.54) is 18.2 Å². The normalized spacial score (nSPS) is 32.8. The third kappa shape index (κ3) is 3.61. The topological polar surface area (TPSA) is 82.9 Å². The lowest BCUT2D eigenvalue weighted by molar-refractivity contribution is -0.122. The van der Waals surface area contributed by atoms with Crippen LogP contribution in [0.5, 0.6) is 0 Å². The first kappa shape index (κ1) is 20.1. The molecule has 3 fully saturated rings. The Balaban J connectivity index is 1.38. The SMILES string of the molecule is Cc1ccc(NC(=O)C[C@@H]2S/C(=N/N=C3\C[C@H]4CC[C@@]3(C)C4(C)C)NC2=O)cc1. The second-order valence-electron chi connectivity index (χ2n) is 9.16. The molecule has 1 saturated heterocycles. The Morgan fingerprint density at radius 1 is 1.24 bits per heavy atom. The zero-order valence-corrected chi connectivity index (χ0v) is 18.2. The van der Waals surface area contributed by atoms with Gasteiger partial charge in [0.15, 0.2) is 5.17 Å². The zero-order valence-electron chi connectivity index (χ0n) is 17.4. The largest absolute Gasteiger partial charge is 0.326 e. The van der Waals surface area contributed by atoms with Gasteiger partial charge in [0.25, 0.3) is 0 Å². The summed E-state index contributed by atoms with van der Waals surface area (Å²) in [6.07, 6.45) is 3.49. The second-order valence-corrected chi connectivity index (χ2v) is 10.4. The molecule has 0 aromatic heterocycles. The van der Waals surface area contributed by atoms with Gasteiger partial charge < -0.3 is 10.6 Å². The maximum absolute atomic E-state index is 12.3. The molecule has 0 spiro atoms. The number of anilines is 1. The minimum absolute atomic E-state index is 0.0856. The van der Waals surface area contributed by atoms with E-state index in [0.29, 0.717) is 11.1 Å². The summed E-state index contributed by atoms with van der Waals surface area (Å²) in [5, 5.41) is 14.5. The highest BCUT2D eigenvalue weighted by Crippen LogP contribution is 2.64. The predicted octanol–water partition coefficient (Wildman–Crippen LogP) is 4.11. The van der Waals surface area contributed by atoms with E-state index in [1.54, 1.807) is 0 Å². The number of nitrogens with zero attached hydrogens (tertiary/aromatic N) is 2. The van der Waals surface area contributed by atoms with Gasteiger partial charge in [0.1, 0.15) is 5.25 Å². The smallest absolute Gasteiger partial charge is 0.240 e. The van der Waals surface area contributed by atoms with Gasteiger partial charge in [0.2, 0.25) is 11.8 Å². The van der Waals surface area contributed by atoms with E-state index in [9.17, 15) is 9.59 Å². The Kier molecular flexibility index (Phi) is 5.05. The van der Waals surface area contributed by atoms with Gasteiger partial charge in [-0.15, -0.1) is 5.10 Å². The molecule has 0 radical (unpaired) electrons. The quantitative estimate of drug-likeness (QED) is 0.730. The number of carbonyl (C=O) groups is 2. The molecule has 4 rings (SSSR count). The molecule has 1 heterocycles. The third-order valence-corrected chi connectivity index (χ3v) is 8.33. The van der Waals surface area contributed by atoms with Crippen molar-refractivity contribution in [2.24, 2.45) is 27.0 Å². The first-order chi connectivity index (χ1) is 13.7. The molecule has 0 unspecified atom stereocenters. The van der Waals surface area contributed by atoms with Crippen LogP contribution in [-0.4, -0.2) is 27.9 Å². The van der Waals surface area contributed by atoms with E-state index in [0.717, 1.165) is 29.8 Å². The van der Waals surface area contributed by atoms with Gasteiger partial charge in [-0.25, -0.2) is 0 Å². The number of benzene rings is 1. The van der Waals surface area contributed by atoms with Crippen LogP contribution in [0.2, 0.25) is 0 Å². The minimum Gasteiger partial charge on any atom is -0.326 e. The fraction of sp³-hybridized carbons (Fsp3) is 0.545. The Hall–Kier alpha value is -2.15. The number of amidine groups is 1. The van der Waals surface area contributed by atoms with Crippen molar-refractivity contribution in [3.63, 3.8) is 0 Å². The Bertz CT molecular complexity index is 906. The van der Waals surface area contributed by atoms with Gasteiger partial charge in [0.05, 0.1) is 0 Å². The van der Waals surface area contributed by atoms with Gasteiger partial charge in [-0.2, -0.15) is 5.10 Å². The number of fused-ring (bicyclic) bond motifs is 2. The summed E-state index contributed by atoms with van der Waals surface area (Å²) in [7, 11) is 0. The van der Waals surface area contributed by atoms with Crippen LogP contribution >= 0.6 is 11.8 Å². The highest BCUT2D eigenvalue weighted by molar-refractivity contribution is 8.15. The molecule has 3 atom stereocenters.